The molecule has 1 aliphatic heterocycles. The van der Waals surface area contributed by atoms with E-state index in [2.05, 4.69) is 28.8 Å². The molecule has 3 rings (SSSR count). The number of nitrogens with zero attached hydrogens (tertiary/aromatic N) is 4. The molecule has 0 radical (unpaired) electrons. The number of piperazine rings is 1. The molecule has 2 aromatic rings. The van der Waals surface area contributed by atoms with Gasteiger partial charge in [0.2, 0.25) is 5.91 Å². The van der Waals surface area contributed by atoms with Crippen LogP contribution < -0.4 is 15.2 Å². The van der Waals surface area contributed by atoms with Gasteiger partial charge in [0.05, 0.1) is 13.7 Å². The van der Waals surface area contributed by atoms with Crippen LogP contribution in [0.5, 0.6) is 11.5 Å². The van der Waals surface area contributed by atoms with Crippen molar-refractivity contribution in [3.8, 4) is 11.5 Å². The summed E-state index contributed by atoms with van der Waals surface area (Å²) >= 11 is 0. The van der Waals surface area contributed by atoms with Crippen LogP contribution in [0.3, 0.4) is 0 Å². The summed E-state index contributed by atoms with van der Waals surface area (Å²) in [6, 6.07) is 7.74. The number of aromatic nitrogens is 1. The van der Waals surface area contributed by atoms with Gasteiger partial charge in [0.15, 0.2) is 11.5 Å². The largest absolute Gasteiger partial charge is 0.493 e. The molecule has 0 spiro atoms. The van der Waals surface area contributed by atoms with Gasteiger partial charge in [-0.15, -0.1) is 12.4 Å². The Hall–Kier alpha value is -2.81. The molecule has 0 aliphatic carbocycles. The number of amides is 1. The number of carbonyl (C=O) groups excluding carboxylic acids is 1. The number of carbonyl (C=O) groups is 1. The van der Waals surface area contributed by atoms with Gasteiger partial charge in [-0.2, -0.15) is 0 Å². The number of methoxy groups -OCH3 is 1. The second-order valence-electron chi connectivity index (χ2n) is 8.72. The highest BCUT2D eigenvalue weighted by atomic mass is 35.5. The molecule has 192 valence electrons. The molecule has 35 heavy (non-hydrogen) atoms. The number of likely N-dealkylation sites (N-methyl/N-ethyl adjacent to an activating group) is 2. The smallest absolute Gasteiger partial charge is 0.246 e. The predicted molar refractivity (Wildman–Crippen MR) is 143 cm³/mol. The zero-order valence-corrected chi connectivity index (χ0v) is 22.0. The molecule has 0 saturated carbocycles. The maximum absolute atomic E-state index is 12.8. The SMILES string of the molecule is CCCOc1c(CN(C)C(=O)C=Cc2cnc(N)c(CN3CCN(C)CC3)c2)cccc1OC.Cl. The Morgan fingerprint density at radius 2 is 1.97 bits per heavy atom. The molecule has 1 aliphatic rings. The lowest BCUT2D eigenvalue weighted by Crippen LogP contribution is -2.44. The first kappa shape index (κ1) is 28.4. The zero-order chi connectivity index (χ0) is 24.5. The van der Waals surface area contributed by atoms with Crippen LogP contribution in [0.2, 0.25) is 0 Å². The van der Waals surface area contributed by atoms with Crippen molar-refractivity contribution in [1.82, 2.24) is 19.7 Å². The Morgan fingerprint density at radius 1 is 1.23 bits per heavy atom. The van der Waals surface area contributed by atoms with Crippen molar-refractivity contribution in [2.45, 2.75) is 26.4 Å². The fourth-order valence-electron chi connectivity index (χ4n) is 3.85. The van der Waals surface area contributed by atoms with Crippen LogP contribution in [0, 0.1) is 0 Å². The van der Waals surface area contributed by atoms with Crippen molar-refractivity contribution in [3.63, 3.8) is 0 Å². The molecule has 0 atom stereocenters. The summed E-state index contributed by atoms with van der Waals surface area (Å²) in [5, 5.41) is 0. The Labute approximate surface area is 215 Å². The lowest BCUT2D eigenvalue weighted by molar-refractivity contribution is -0.125. The number of benzene rings is 1. The van der Waals surface area contributed by atoms with E-state index in [-0.39, 0.29) is 18.3 Å². The average Bonchev–Trinajstić information content (AvgIpc) is 2.84. The van der Waals surface area contributed by atoms with Gasteiger partial charge >= 0.3 is 0 Å². The first-order chi connectivity index (χ1) is 16.4. The second kappa shape index (κ2) is 13.9. The minimum absolute atomic E-state index is 0. The minimum atomic E-state index is -0.110. The van der Waals surface area contributed by atoms with Gasteiger partial charge in [0, 0.05) is 69.7 Å². The normalized spacial score (nSPS) is 14.5. The van der Waals surface area contributed by atoms with E-state index in [1.54, 1.807) is 37.4 Å². The van der Waals surface area contributed by atoms with Gasteiger partial charge in [-0.3, -0.25) is 9.69 Å². The monoisotopic (exact) mass is 503 g/mol. The lowest BCUT2D eigenvalue weighted by Gasteiger charge is -2.32. The molecule has 0 bridgehead atoms. The van der Waals surface area contributed by atoms with Crippen LogP contribution in [0.4, 0.5) is 5.82 Å². The zero-order valence-electron chi connectivity index (χ0n) is 21.2. The van der Waals surface area contributed by atoms with E-state index in [0.29, 0.717) is 30.5 Å². The fourth-order valence-corrected chi connectivity index (χ4v) is 3.85. The van der Waals surface area contributed by atoms with Crippen LogP contribution >= 0.6 is 12.4 Å². The van der Waals surface area contributed by atoms with Crippen LogP contribution in [-0.4, -0.2) is 79.6 Å². The molecule has 1 saturated heterocycles. The van der Waals surface area contributed by atoms with Crippen LogP contribution in [0.1, 0.15) is 30.0 Å². The van der Waals surface area contributed by atoms with Crippen LogP contribution in [0.15, 0.2) is 36.5 Å². The van der Waals surface area contributed by atoms with Gasteiger partial charge in [0.25, 0.3) is 0 Å². The van der Waals surface area contributed by atoms with Crippen molar-refractivity contribution in [2.75, 3.05) is 59.7 Å². The van der Waals surface area contributed by atoms with Crippen molar-refractivity contribution in [3.05, 3.63) is 53.2 Å². The van der Waals surface area contributed by atoms with E-state index in [1.165, 1.54) is 0 Å². The maximum atomic E-state index is 12.8. The predicted octanol–water partition coefficient (Wildman–Crippen LogP) is 3.30. The van der Waals surface area contributed by atoms with E-state index in [4.69, 9.17) is 15.2 Å². The highest BCUT2D eigenvalue weighted by molar-refractivity contribution is 5.91. The van der Waals surface area contributed by atoms with Crippen molar-refractivity contribution in [2.24, 2.45) is 0 Å². The summed E-state index contributed by atoms with van der Waals surface area (Å²) in [4.78, 5) is 23.5. The highest BCUT2D eigenvalue weighted by Crippen LogP contribution is 2.32. The van der Waals surface area contributed by atoms with E-state index in [0.717, 1.165) is 55.8 Å². The summed E-state index contributed by atoms with van der Waals surface area (Å²) in [6.45, 7) is 7.93. The summed E-state index contributed by atoms with van der Waals surface area (Å²) in [7, 11) is 5.53. The highest BCUT2D eigenvalue weighted by Gasteiger charge is 2.16. The van der Waals surface area contributed by atoms with E-state index < -0.39 is 0 Å². The van der Waals surface area contributed by atoms with Crippen molar-refractivity contribution < 1.29 is 14.3 Å². The van der Waals surface area contributed by atoms with Gasteiger partial charge in [-0.1, -0.05) is 19.1 Å². The first-order valence-corrected chi connectivity index (χ1v) is 11.8. The van der Waals surface area contributed by atoms with Crippen LogP contribution in [0.25, 0.3) is 6.08 Å². The third-order valence-corrected chi connectivity index (χ3v) is 5.95. The Kier molecular flexibility index (Phi) is 11.3. The minimum Gasteiger partial charge on any atom is -0.493 e. The number of ether oxygens (including phenoxy) is 2. The molecule has 1 aromatic carbocycles. The molecular formula is C26H38ClN5O3. The standard InChI is InChI=1S/C26H37N5O3.ClH/c1-5-15-34-25-21(7-6-8-23(25)33-4)18-30(3)24(32)10-9-20-16-22(26(27)28-17-20)19-31-13-11-29(2)12-14-31;/h6-10,16-17H,5,11-15,18-19H2,1-4H3,(H2,27,28);1H. The number of hydrogen-bond donors (Lipinski definition) is 1. The molecular weight excluding hydrogens is 466 g/mol. The number of anilines is 1. The number of nitrogens with two attached hydrogens (primary N) is 1. The number of para-hydroxylation sites is 1. The number of hydrogen-bond acceptors (Lipinski definition) is 7. The van der Waals surface area contributed by atoms with Gasteiger partial charge < -0.3 is 25.0 Å². The van der Waals surface area contributed by atoms with E-state index >= 15 is 0 Å². The third kappa shape index (κ3) is 8.13. The lowest BCUT2D eigenvalue weighted by atomic mass is 10.1. The number of nitrogen functional groups attached to an aromatic ring is 1. The van der Waals surface area contributed by atoms with Gasteiger partial charge in [-0.05, 0) is 37.2 Å². The molecule has 9 heteroatoms. The van der Waals surface area contributed by atoms with Gasteiger partial charge in [-0.25, -0.2) is 4.98 Å². The van der Waals surface area contributed by atoms with E-state index in [9.17, 15) is 4.79 Å². The number of rotatable bonds is 10. The molecule has 8 nitrogen and oxygen atoms in total. The molecule has 2 heterocycles. The average molecular weight is 504 g/mol. The van der Waals surface area contributed by atoms with Crippen molar-refractivity contribution >= 4 is 30.2 Å². The second-order valence-corrected chi connectivity index (χ2v) is 8.72. The molecule has 1 aromatic heterocycles. The molecule has 0 unspecified atom stereocenters. The molecule has 1 fully saturated rings. The Morgan fingerprint density at radius 3 is 2.66 bits per heavy atom. The van der Waals surface area contributed by atoms with E-state index in [1.807, 2.05) is 24.3 Å². The summed E-state index contributed by atoms with van der Waals surface area (Å²) in [5.41, 5.74) is 8.87. The third-order valence-electron chi connectivity index (χ3n) is 5.95. The molecule has 1 amide bonds. The fraction of sp³-hybridized carbons (Fsp3) is 0.462. The Balaban J connectivity index is 0.00000432. The topological polar surface area (TPSA) is 84.2 Å². The van der Waals surface area contributed by atoms with Crippen molar-refractivity contribution in [1.29, 1.82) is 0 Å². The molecule has 2 N–H and O–H groups in total. The summed E-state index contributed by atoms with van der Waals surface area (Å²) < 4.78 is 11.3. The number of pyridine rings is 1. The maximum Gasteiger partial charge on any atom is 0.246 e. The van der Waals surface area contributed by atoms with Gasteiger partial charge in [0.1, 0.15) is 5.82 Å². The summed E-state index contributed by atoms with van der Waals surface area (Å²) in [6.07, 6.45) is 5.95. The quantitative estimate of drug-likeness (QED) is 0.498. The summed E-state index contributed by atoms with van der Waals surface area (Å²) in [5.74, 6) is 1.79. The number of halogens is 1. The Bertz CT molecular complexity index is 993. The van der Waals surface area contributed by atoms with Crippen LogP contribution in [-0.2, 0) is 17.9 Å². The first-order valence-electron chi connectivity index (χ1n) is 11.8.